The highest BCUT2D eigenvalue weighted by Gasteiger charge is 2.19. The number of aromatic amines is 1. The molecule has 2 aromatic carbocycles. The Hall–Kier alpha value is -3.31. The summed E-state index contributed by atoms with van der Waals surface area (Å²) >= 11 is 1.53. The third-order valence-corrected chi connectivity index (χ3v) is 6.78. The number of hydrogen-bond acceptors (Lipinski definition) is 6. The number of aromatic nitrogens is 2. The molecule has 1 fully saturated rings. The Balaban J connectivity index is 1.24. The minimum Gasteiger partial charge on any atom is -0.309 e. The number of nitrogens with one attached hydrogen (secondary N) is 1. The molecule has 1 aliphatic heterocycles. The summed E-state index contributed by atoms with van der Waals surface area (Å²) in [6, 6.07) is 19.9. The molecule has 160 valence electrons. The van der Waals surface area contributed by atoms with E-state index in [1.54, 1.807) is 0 Å². The molecule has 7 heteroatoms. The van der Waals surface area contributed by atoms with E-state index >= 15 is 0 Å². The third kappa shape index (κ3) is 4.34. The normalized spacial score (nSPS) is 15.1. The third-order valence-electron chi connectivity index (χ3n) is 5.91. The Bertz CT molecular complexity index is 1310. The molecule has 4 aromatic rings. The van der Waals surface area contributed by atoms with Crippen LogP contribution < -0.4 is 5.56 Å². The average Bonchev–Trinajstić information content (AvgIpc) is 3.26. The van der Waals surface area contributed by atoms with Crippen LogP contribution in [0.3, 0.4) is 0 Å². The Morgan fingerprint density at radius 2 is 1.66 bits per heavy atom. The maximum Gasteiger partial charge on any atom is 0.260 e. The highest BCUT2D eigenvalue weighted by atomic mass is 32.1. The van der Waals surface area contributed by atoms with Gasteiger partial charge in [-0.25, -0.2) is 4.98 Å². The maximum absolute atomic E-state index is 12.9. The van der Waals surface area contributed by atoms with Gasteiger partial charge in [0.2, 0.25) is 0 Å². The lowest BCUT2D eigenvalue weighted by Crippen LogP contribution is -2.45. The van der Waals surface area contributed by atoms with E-state index in [4.69, 9.17) is 10.2 Å². The maximum atomic E-state index is 12.9. The van der Waals surface area contributed by atoms with Gasteiger partial charge in [-0.3, -0.25) is 14.6 Å². The summed E-state index contributed by atoms with van der Waals surface area (Å²) in [7, 11) is 0. The Kier molecular flexibility index (Phi) is 5.82. The van der Waals surface area contributed by atoms with Crippen molar-refractivity contribution in [1.29, 1.82) is 5.26 Å². The van der Waals surface area contributed by atoms with Crippen molar-refractivity contribution in [2.75, 3.05) is 26.2 Å². The number of piperazine rings is 1. The van der Waals surface area contributed by atoms with Crippen LogP contribution in [0.4, 0.5) is 0 Å². The molecule has 1 aliphatic rings. The number of nitrogens with zero attached hydrogens (tertiary/aromatic N) is 4. The largest absolute Gasteiger partial charge is 0.309 e. The number of nitriles is 1. The molecule has 2 aromatic heterocycles. The zero-order chi connectivity index (χ0) is 21.9. The van der Waals surface area contributed by atoms with E-state index in [0.29, 0.717) is 17.5 Å². The van der Waals surface area contributed by atoms with Crippen LogP contribution in [0.15, 0.2) is 64.8 Å². The Morgan fingerprint density at radius 3 is 2.34 bits per heavy atom. The molecule has 0 amide bonds. The van der Waals surface area contributed by atoms with Gasteiger partial charge in [-0.2, -0.15) is 5.26 Å². The van der Waals surface area contributed by atoms with Crippen molar-refractivity contribution < 1.29 is 0 Å². The number of rotatable bonds is 5. The molecule has 0 unspecified atom stereocenters. The molecule has 32 heavy (non-hydrogen) atoms. The summed E-state index contributed by atoms with van der Waals surface area (Å²) in [6.07, 6.45) is 0. The van der Waals surface area contributed by atoms with Gasteiger partial charge >= 0.3 is 0 Å². The van der Waals surface area contributed by atoms with Gasteiger partial charge in [-0.1, -0.05) is 42.5 Å². The van der Waals surface area contributed by atoms with E-state index in [9.17, 15) is 4.79 Å². The Morgan fingerprint density at radius 1 is 0.969 bits per heavy atom. The van der Waals surface area contributed by atoms with Crippen LogP contribution in [-0.2, 0) is 13.1 Å². The van der Waals surface area contributed by atoms with Crippen LogP contribution in [-0.4, -0.2) is 45.9 Å². The molecular formula is C25H23N5OS. The fourth-order valence-corrected chi connectivity index (χ4v) is 5.13. The minimum atomic E-state index is -0.0652. The van der Waals surface area contributed by atoms with Gasteiger partial charge in [0.15, 0.2) is 0 Å². The summed E-state index contributed by atoms with van der Waals surface area (Å²) in [5.41, 5.74) is 3.84. The van der Waals surface area contributed by atoms with Crippen molar-refractivity contribution >= 4 is 21.6 Å². The smallest absolute Gasteiger partial charge is 0.260 e. The van der Waals surface area contributed by atoms with Gasteiger partial charge in [0, 0.05) is 43.7 Å². The van der Waals surface area contributed by atoms with Crippen LogP contribution in [0.25, 0.3) is 21.3 Å². The molecule has 3 heterocycles. The fourth-order valence-electron chi connectivity index (χ4n) is 4.16. The minimum absolute atomic E-state index is 0.0652. The molecule has 0 saturated carbocycles. The second-order valence-corrected chi connectivity index (χ2v) is 8.93. The molecule has 1 saturated heterocycles. The van der Waals surface area contributed by atoms with E-state index < -0.39 is 0 Å². The topological polar surface area (TPSA) is 76.0 Å². The molecule has 0 bridgehead atoms. The summed E-state index contributed by atoms with van der Waals surface area (Å²) in [5.74, 6) is 0.726. The van der Waals surface area contributed by atoms with E-state index in [-0.39, 0.29) is 5.56 Å². The van der Waals surface area contributed by atoms with Crippen LogP contribution in [0.2, 0.25) is 0 Å². The molecule has 0 atom stereocenters. The van der Waals surface area contributed by atoms with Crippen molar-refractivity contribution in [3.8, 4) is 17.2 Å². The highest BCUT2D eigenvalue weighted by molar-refractivity contribution is 7.17. The number of fused-ring (bicyclic) bond motifs is 1. The molecule has 0 radical (unpaired) electrons. The highest BCUT2D eigenvalue weighted by Crippen LogP contribution is 2.30. The van der Waals surface area contributed by atoms with Gasteiger partial charge in [-0.05, 0) is 23.3 Å². The monoisotopic (exact) mass is 441 g/mol. The Labute approximate surface area is 190 Å². The SMILES string of the molecule is N#Cc1ccc(CN2CCN(Cc3nc4scc(-c5ccccc5)c4c(=O)[nH]3)CC2)cc1. The second-order valence-electron chi connectivity index (χ2n) is 8.07. The average molecular weight is 442 g/mol. The van der Waals surface area contributed by atoms with E-state index in [1.807, 2.05) is 60.0 Å². The molecule has 0 aliphatic carbocycles. The van der Waals surface area contributed by atoms with E-state index in [2.05, 4.69) is 20.9 Å². The molecule has 5 rings (SSSR count). The lowest BCUT2D eigenvalue weighted by atomic mass is 10.1. The van der Waals surface area contributed by atoms with Crippen molar-refractivity contribution in [2.45, 2.75) is 13.1 Å². The van der Waals surface area contributed by atoms with E-state index in [1.165, 1.54) is 16.9 Å². The standard InChI is InChI=1S/C25H23N5OS/c26-14-18-6-8-19(9-7-18)15-29-10-12-30(13-11-29)16-22-27-24(31)23-21(17-32-25(23)28-22)20-4-2-1-3-5-20/h1-9,17H,10-13,15-16H2,(H,27,28,31). The van der Waals surface area contributed by atoms with Gasteiger partial charge < -0.3 is 4.98 Å². The van der Waals surface area contributed by atoms with Crippen molar-refractivity contribution in [3.05, 3.63) is 87.3 Å². The van der Waals surface area contributed by atoms with E-state index in [0.717, 1.165) is 54.5 Å². The summed E-state index contributed by atoms with van der Waals surface area (Å²) < 4.78 is 0. The zero-order valence-electron chi connectivity index (χ0n) is 17.6. The van der Waals surface area contributed by atoms with Crippen LogP contribution >= 0.6 is 11.3 Å². The second kappa shape index (κ2) is 9.05. The molecule has 0 spiro atoms. The molecule has 6 nitrogen and oxygen atoms in total. The zero-order valence-corrected chi connectivity index (χ0v) is 18.4. The quantitative estimate of drug-likeness (QED) is 0.509. The van der Waals surface area contributed by atoms with Crippen molar-refractivity contribution in [3.63, 3.8) is 0 Å². The van der Waals surface area contributed by atoms with Gasteiger partial charge in [-0.15, -0.1) is 11.3 Å². The van der Waals surface area contributed by atoms with Crippen LogP contribution in [0.1, 0.15) is 17.0 Å². The van der Waals surface area contributed by atoms with Crippen molar-refractivity contribution in [1.82, 2.24) is 19.8 Å². The van der Waals surface area contributed by atoms with Crippen LogP contribution in [0, 0.1) is 11.3 Å². The number of benzene rings is 2. The molecule has 1 N–H and O–H groups in total. The number of H-pyrrole nitrogens is 1. The first kappa shape index (κ1) is 20.6. The first-order valence-corrected chi connectivity index (χ1v) is 11.6. The predicted molar refractivity (Wildman–Crippen MR) is 127 cm³/mol. The lowest BCUT2D eigenvalue weighted by molar-refractivity contribution is 0.120. The number of thiophene rings is 1. The fraction of sp³-hybridized carbons (Fsp3) is 0.240. The van der Waals surface area contributed by atoms with Gasteiger partial charge in [0.25, 0.3) is 5.56 Å². The van der Waals surface area contributed by atoms with Crippen LogP contribution in [0.5, 0.6) is 0 Å². The summed E-state index contributed by atoms with van der Waals surface area (Å²) in [4.78, 5) is 26.2. The number of hydrogen-bond donors (Lipinski definition) is 1. The lowest BCUT2D eigenvalue weighted by Gasteiger charge is -2.34. The summed E-state index contributed by atoms with van der Waals surface area (Å²) in [5, 5.41) is 11.6. The predicted octanol–water partition coefficient (Wildman–Crippen LogP) is 3.84. The van der Waals surface area contributed by atoms with Crippen molar-refractivity contribution in [2.24, 2.45) is 0 Å². The molecular weight excluding hydrogens is 418 g/mol. The first-order valence-electron chi connectivity index (χ1n) is 10.7. The van der Waals surface area contributed by atoms with Gasteiger partial charge in [0.1, 0.15) is 10.7 Å². The van der Waals surface area contributed by atoms with Gasteiger partial charge in [0.05, 0.1) is 23.6 Å². The first-order chi connectivity index (χ1) is 15.7. The summed E-state index contributed by atoms with van der Waals surface area (Å²) in [6.45, 7) is 5.31.